The lowest BCUT2D eigenvalue weighted by atomic mass is 10.2. The molecular formula is C20H17FN2O. The summed E-state index contributed by atoms with van der Waals surface area (Å²) in [5, 5.41) is 6.08. The smallest absolute Gasteiger partial charge is 0.255 e. The molecule has 3 aromatic rings. The van der Waals surface area contributed by atoms with Crippen LogP contribution in [0.1, 0.15) is 15.9 Å². The second-order valence-electron chi connectivity index (χ2n) is 5.48. The van der Waals surface area contributed by atoms with Gasteiger partial charge >= 0.3 is 0 Å². The number of halogens is 1. The van der Waals surface area contributed by atoms with Gasteiger partial charge in [-0.05, 0) is 61.0 Å². The van der Waals surface area contributed by atoms with E-state index in [4.69, 9.17) is 0 Å². The topological polar surface area (TPSA) is 41.1 Å². The fourth-order valence-corrected chi connectivity index (χ4v) is 2.34. The third-order valence-electron chi connectivity index (χ3n) is 3.65. The molecule has 2 N–H and O–H groups in total. The second kappa shape index (κ2) is 6.96. The van der Waals surface area contributed by atoms with Crippen molar-refractivity contribution in [2.75, 3.05) is 10.6 Å². The molecule has 0 aromatic heterocycles. The molecule has 0 saturated carbocycles. The van der Waals surface area contributed by atoms with E-state index in [9.17, 15) is 9.18 Å². The first-order chi connectivity index (χ1) is 11.6. The first kappa shape index (κ1) is 15.7. The van der Waals surface area contributed by atoms with Crippen molar-refractivity contribution in [1.82, 2.24) is 0 Å². The molecule has 0 atom stereocenters. The molecule has 0 spiro atoms. The van der Waals surface area contributed by atoms with Crippen LogP contribution in [-0.2, 0) is 0 Å². The lowest BCUT2D eigenvalue weighted by Crippen LogP contribution is -2.11. The molecule has 3 aromatic carbocycles. The molecule has 0 radical (unpaired) electrons. The van der Waals surface area contributed by atoms with Crippen LogP contribution >= 0.6 is 0 Å². The van der Waals surface area contributed by atoms with E-state index in [1.807, 2.05) is 43.3 Å². The average Bonchev–Trinajstić information content (AvgIpc) is 2.58. The number of anilines is 3. The van der Waals surface area contributed by atoms with Gasteiger partial charge in [0.2, 0.25) is 0 Å². The van der Waals surface area contributed by atoms with Gasteiger partial charge in [-0.25, -0.2) is 4.39 Å². The predicted molar refractivity (Wildman–Crippen MR) is 95.3 cm³/mol. The average molecular weight is 320 g/mol. The number of carbonyl (C=O) groups excluding carboxylic acids is 1. The van der Waals surface area contributed by atoms with Gasteiger partial charge in [-0.1, -0.05) is 24.3 Å². The minimum atomic E-state index is -0.430. The van der Waals surface area contributed by atoms with Gasteiger partial charge in [-0.2, -0.15) is 0 Å². The molecule has 0 heterocycles. The highest BCUT2D eigenvalue weighted by molar-refractivity contribution is 6.04. The van der Waals surface area contributed by atoms with E-state index in [1.165, 1.54) is 18.2 Å². The molecule has 24 heavy (non-hydrogen) atoms. The summed E-state index contributed by atoms with van der Waals surface area (Å²) in [6, 6.07) is 21.0. The Kier molecular flexibility index (Phi) is 4.57. The van der Waals surface area contributed by atoms with E-state index in [-0.39, 0.29) is 11.5 Å². The van der Waals surface area contributed by atoms with Crippen LogP contribution in [0.5, 0.6) is 0 Å². The lowest BCUT2D eigenvalue weighted by Gasteiger charge is -2.10. The summed E-state index contributed by atoms with van der Waals surface area (Å²) in [5.41, 5.74) is 4.06. The van der Waals surface area contributed by atoms with Gasteiger partial charge in [0, 0.05) is 22.6 Å². The third kappa shape index (κ3) is 3.79. The van der Waals surface area contributed by atoms with E-state index >= 15 is 0 Å². The molecule has 3 nitrogen and oxygen atoms in total. The van der Waals surface area contributed by atoms with Crippen LogP contribution < -0.4 is 10.6 Å². The quantitative estimate of drug-likeness (QED) is 0.699. The molecule has 120 valence electrons. The number of para-hydroxylation sites is 1. The zero-order chi connectivity index (χ0) is 16.9. The Hall–Kier alpha value is -3.14. The zero-order valence-corrected chi connectivity index (χ0v) is 13.2. The van der Waals surface area contributed by atoms with Crippen molar-refractivity contribution in [3.63, 3.8) is 0 Å². The molecule has 1 amide bonds. The SMILES string of the molecule is Cc1ccccc1Nc1ccc(NC(=O)c2cccc(F)c2)cc1. The molecule has 3 rings (SSSR count). The first-order valence-electron chi connectivity index (χ1n) is 7.61. The largest absolute Gasteiger partial charge is 0.355 e. The Morgan fingerprint density at radius 2 is 1.58 bits per heavy atom. The van der Waals surface area contributed by atoms with Gasteiger partial charge < -0.3 is 10.6 Å². The summed E-state index contributed by atoms with van der Waals surface area (Å²) in [6.07, 6.45) is 0. The van der Waals surface area contributed by atoms with Crippen molar-refractivity contribution in [2.45, 2.75) is 6.92 Å². The van der Waals surface area contributed by atoms with Crippen LogP contribution in [0.25, 0.3) is 0 Å². The van der Waals surface area contributed by atoms with Gasteiger partial charge in [-0.3, -0.25) is 4.79 Å². The summed E-state index contributed by atoms with van der Waals surface area (Å²) in [7, 11) is 0. The summed E-state index contributed by atoms with van der Waals surface area (Å²) in [5.74, 6) is -0.769. The number of aryl methyl sites for hydroxylation is 1. The maximum atomic E-state index is 13.2. The number of nitrogens with one attached hydrogen (secondary N) is 2. The minimum Gasteiger partial charge on any atom is -0.355 e. The lowest BCUT2D eigenvalue weighted by molar-refractivity contribution is 0.102. The van der Waals surface area contributed by atoms with Crippen molar-refractivity contribution in [3.8, 4) is 0 Å². The van der Waals surface area contributed by atoms with E-state index in [0.717, 1.165) is 16.9 Å². The maximum absolute atomic E-state index is 13.2. The monoisotopic (exact) mass is 320 g/mol. The summed E-state index contributed by atoms with van der Waals surface area (Å²) >= 11 is 0. The van der Waals surface area contributed by atoms with Gasteiger partial charge in [0.25, 0.3) is 5.91 Å². The van der Waals surface area contributed by atoms with E-state index in [0.29, 0.717) is 5.69 Å². The highest BCUT2D eigenvalue weighted by Crippen LogP contribution is 2.21. The fraction of sp³-hybridized carbons (Fsp3) is 0.0500. The summed E-state index contributed by atoms with van der Waals surface area (Å²) < 4.78 is 13.2. The van der Waals surface area contributed by atoms with E-state index in [2.05, 4.69) is 10.6 Å². The minimum absolute atomic E-state index is 0.289. The second-order valence-corrected chi connectivity index (χ2v) is 5.48. The Morgan fingerprint density at radius 1 is 0.875 bits per heavy atom. The molecule has 0 unspecified atom stereocenters. The normalized spacial score (nSPS) is 10.2. The zero-order valence-electron chi connectivity index (χ0n) is 13.2. The third-order valence-corrected chi connectivity index (χ3v) is 3.65. The van der Waals surface area contributed by atoms with Gasteiger partial charge in [0.05, 0.1) is 0 Å². The van der Waals surface area contributed by atoms with Crippen LogP contribution in [-0.4, -0.2) is 5.91 Å². The predicted octanol–water partition coefficient (Wildman–Crippen LogP) is 5.13. The van der Waals surface area contributed by atoms with Crippen molar-refractivity contribution in [2.24, 2.45) is 0 Å². The van der Waals surface area contributed by atoms with Gasteiger partial charge in [0.1, 0.15) is 5.82 Å². The fourth-order valence-electron chi connectivity index (χ4n) is 2.34. The van der Waals surface area contributed by atoms with Crippen molar-refractivity contribution < 1.29 is 9.18 Å². The maximum Gasteiger partial charge on any atom is 0.255 e. The number of carbonyl (C=O) groups is 1. The standard InChI is InChI=1S/C20H17FN2O/c1-14-5-2-3-8-19(14)22-17-9-11-18(12-10-17)23-20(24)15-6-4-7-16(21)13-15/h2-13,22H,1H3,(H,23,24). The Labute approximate surface area is 140 Å². The van der Waals surface area contributed by atoms with Crippen LogP contribution in [0.4, 0.5) is 21.5 Å². The van der Waals surface area contributed by atoms with Crippen molar-refractivity contribution in [1.29, 1.82) is 0 Å². The molecule has 0 saturated heterocycles. The molecular weight excluding hydrogens is 303 g/mol. The van der Waals surface area contributed by atoms with Crippen molar-refractivity contribution >= 4 is 23.0 Å². The number of rotatable bonds is 4. The summed E-state index contributed by atoms with van der Waals surface area (Å²) in [4.78, 5) is 12.1. The van der Waals surface area contributed by atoms with Crippen LogP contribution in [0.3, 0.4) is 0 Å². The molecule has 0 aliphatic rings. The number of hydrogen-bond donors (Lipinski definition) is 2. The van der Waals surface area contributed by atoms with Crippen molar-refractivity contribution in [3.05, 3.63) is 89.7 Å². The van der Waals surface area contributed by atoms with Crippen LogP contribution in [0.15, 0.2) is 72.8 Å². The highest BCUT2D eigenvalue weighted by atomic mass is 19.1. The van der Waals surface area contributed by atoms with Crippen LogP contribution in [0, 0.1) is 12.7 Å². The molecule has 0 fully saturated rings. The Bertz CT molecular complexity index is 860. The van der Waals surface area contributed by atoms with Crippen LogP contribution in [0.2, 0.25) is 0 Å². The van der Waals surface area contributed by atoms with Gasteiger partial charge in [-0.15, -0.1) is 0 Å². The molecule has 0 aliphatic heterocycles. The molecule has 4 heteroatoms. The summed E-state index contributed by atoms with van der Waals surface area (Å²) in [6.45, 7) is 2.04. The number of benzene rings is 3. The highest BCUT2D eigenvalue weighted by Gasteiger charge is 2.07. The molecule has 0 aliphatic carbocycles. The van der Waals surface area contributed by atoms with E-state index in [1.54, 1.807) is 18.2 Å². The number of hydrogen-bond acceptors (Lipinski definition) is 2. The van der Waals surface area contributed by atoms with Gasteiger partial charge in [0.15, 0.2) is 0 Å². The Morgan fingerprint density at radius 3 is 2.29 bits per heavy atom. The van der Waals surface area contributed by atoms with E-state index < -0.39 is 5.82 Å². The Balaban J connectivity index is 1.68. The first-order valence-corrected chi connectivity index (χ1v) is 7.61. The molecule has 0 bridgehead atoms. The number of amides is 1.